The fraction of sp³-hybridized carbons (Fsp3) is 0.727. The van der Waals surface area contributed by atoms with E-state index in [2.05, 4.69) is 10.2 Å². The van der Waals surface area contributed by atoms with Gasteiger partial charge in [-0.2, -0.15) is 9.40 Å². The van der Waals surface area contributed by atoms with Gasteiger partial charge >= 0.3 is 0 Å². The second-order valence-electron chi connectivity index (χ2n) is 4.73. The van der Waals surface area contributed by atoms with Crippen molar-refractivity contribution in [3.05, 3.63) is 11.8 Å². The first-order valence-corrected chi connectivity index (χ1v) is 7.76. The van der Waals surface area contributed by atoms with E-state index in [0.29, 0.717) is 24.6 Å². The van der Waals surface area contributed by atoms with Gasteiger partial charge in [0, 0.05) is 25.2 Å². The second-order valence-corrected chi connectivity index (χ2v) is 6.61. The molecule has 6 nitrogen and oxygen atoms in total. The van der Waals surface area contributed by atoms with Gasteiger partial charge in [-0.05, 0) is 25.2 Å². The minimum absolute atomic E-state index is 0.152. The van der Waals surface area contributed by atoms with E-state index in [9.17, 15) is 8.42 Å². The topological polar surface area (TPSA) is 92.1 Å². The van der Waals surface area contributed by atoms with Crippen LogP contribution in [0.5, 0.6) is 0 Å². The average molecular weight is 272 g/mol. The lowest BCUT2D eigenvalue weighted by Crippen LogP contribution is -2.34. The third kappa shape index (κ3) is 2.73. The third-order valence-corrected chi connectivity index (χ3v) is 5.01. The zero-order valence-electron chi connectivity index (χ0n) is 10.6. The van der Waals surface area contributed by atoms with Crippen LogP contribution in [0.15, 0.2) is 11.2 Å². The molecular formula is C11H20N4O2S. The van der Waals surface area contributed by atoms with Crippen LogP contribution in [0.3, 0.4) is 0 Å². The maximum absolute atomic E-state index is 12.5. The number of nitrogens with zero attached hydrogens (tertiary/aromatic N) is 2. The quantitative estimate of drug-likeness (QED) is 0.763. The molecule has 1 aromatic rings. The van der Waals surface area contributed by atoms with Crippen molar-refractivity contribution in [2.45, 2.75) is 37.8 Å². The maximum Gasteiger partial charge on any atom is 0.260 e. The highest BCUT2D eigenvalue weighted by atomic mass is 32.2. The van der Waals surface area contributed by atoms with Gasteiger partial charge in [0.2, 0.25) is 0 Å². The Morgan fingerprint density at radius 2 is 2.28 bits per heavy atom. The Kier molecular flexibility index (Phi) is 4.04. The predicted molar refractivity (Wildman–Crippen MR) is 68.3 cm³/mol. The van der Waals surface area contributed by atoms with E-state index < -0.39 is 10.0 Å². The molecule has 1 heterocycles. The Bertz CT molecular complexity index is 493. The fourth-order valence-corrected chi connectivity index (χ4v) is 3.67. The van der Waals surface area contributed by atoms with Crippen molar-refractivity contribution in [2.24, 2.45) is 11.7 Å². The van der Waals surface area contributed by atoms with E-state index in [-0.39, 0.29) is 11.6 Å². The van der Waals surface area contributed by atoms with Crippen LogP contribution in [0.2, 0.25) is 0 Å². The van der Waals surface area contributed by atoms with Gasteiger partial charge in [-0.3, -0.25) is 5.10 Å². The summed E-state index contributed by atoms with van der Waals surface area (Å²) in [5.74, 6) is 0.524. The molecule has 0 aliphatic heterocycles. The summed E-state index contributed by atoms with van der Waals surface area (Å²) in [5.41, 5.74) is 6.08. The Morgan fingerprint density at radius 3 is 2.83 bits per heavy atom. The number of aromatic nitrogens is 2. The number of sulfonamides is 1. The van der Waals surface area contributed by atoms with Gasteiger partial charge in [0.15, 0.2) is 5.03 Å². The number of nitrogens with one attached hydrogen (secondary N) is 1. The van der Waals surface area contributed by atoms with Crippen molar-refractivity contribution in [1.82, 2.24) is 14.5 Å². The Hall–Kier alpha value is -0.920. The molecule has 1 aliphatic rings. The van der Waals surface area contributed by atoms with E-state index in [1.165, 1.54) is 6.20 Å². The average Bonchev–Trinajstić information content (AvgIpc) is 3.02. The zero-order chi connectivity index (χ0) is 13.2. The van der Waals surface area contributed by atoms with E-state index in [4.69, 9.17) is 5.73 Å². The summed E-state index contributed by atoms with van der Waals surface area (Å²) in [5, 5.41) is 6.51. The molecule has 1 aromatic heterocycles. The van der Waals surface area contributed by atoms with Crippen molar-refractivity contribution < 1.29 is 8.42 Å². The molecule has 102 valence electrons. The lowest BCUT2D eigenvalue weighted by atomic mass is 10.4. The first-order valence-electron chi connectivity index (χ1n) is 6.32. The second kappa shape index (κ2) is 5.38. The van der Waals surface area contributed by atoms with Crippen LogP contribution in [-0.2, 0) is 16.6 Å². The van der Waals surface area contributed by atoms with E-state index in [0.717, 1.165) is 19.3 Å². The van der Waals surface area contributed by atoms with Crippen LogP contribution in [0.25, 0.3) is 0 Å². The standard InChI is InChI=1S/C11H20N4O2S/c1-2-5-15(8-9-3-4-9)18(16,17)11-10(6-12)7-13-14-11/h7,9H,2-6,8,12H2,1H3,(H,13,14). The van der Waals surface area contributed by atoms with Crippen LogP contribution >= 0.6 is 0 Å². The summed E-state index contributed by atoms with van der Waals surface area (Å²) in [7, 11) is -3.48. The van der Waals surface area contributed by atoms with Gasteiger partial charge in [-0.25, -0.2) is 8.42 Å². The molecule has 0 radical (unpaired) electrons. The van der Waals surface area contributed by atoms with Gasteiger partial charge in [0.05, 0.1) is 6.20 Å². The molecule has 1 saturated carbocycles. The summed E-state index contributed by atoms with van der Waals surface area (Å²) in [4.78, 5) is 0. The number of hydrogen-bond donors (Lipinski definition) is 2. The summed E-state index contributed by atoms with van der Waals surface area (Å²) in [6.07, 6.45) is 4.54. The van der Waals surface area contributed by atoms with E-state index in [1.807, 2.05) is 6.92 Å². The number of nitrogens with two attached hydrogens (primary N) is 1. The Labute approximate surface area is 108 Å². The van der Waals surface area contributed by atoms with Gasteiger partial charge in [-0.1, -0.05) is 6.92 Å². The Morgan fingerprint density at radius 1 is 1.56 bits per heavy atom. The largest absolute Gasteiger partial charge is 0.326 e. The molecule has 0 unspecified atom stereocenters. The van der Waals surface area contributed by atoms with Crippen LogP contribution in [-0.4, -0.2) is 36.0 Å². The molecule has 0 spiro atoms. The molecule has 0 amide bonds. The zero-order valence-corrected chi connectivity index (χ0v) is 11.4. The molecule has 0 saturated heterocycles. The number of rotatable bonds is 7. The summed E-state index contributed by atoms with van der Waals surface area (Å²) in [6.45, 7) is 3.31. The summed E-state index contributed by atoms with van der Waals surface area (Å²) in [6, 6.07) is 0. The first kappa shape index (κ1) is 13.5. The SMILES string of the molecule is CCCN(CC1CC1)S(=O)(=O)c1[nH]ncc1CN. The minimum atomic E-state index is -3.48. The molecule has 18 heavy (non-hydrogen) atoms. The molecule has 2 rings (SSSR count). The highest BCUT2D eigenvalue weighted by Gasteiger charge is 2.33. The van der Waals surface area contributed by atoms with Gasteiger partial charge in [0.25, 0.3) is 10.0 Å². The minimum Gasteiger partial charge on any atom is -0.326 e. The van der Waals surface area contributed by atoms with Gasteiger partial charge < -0.3 is 5.73 Å². The highest BCUT2D eigenvalue weighted by molar-refractivity contribution is 7.89. The molecule has 7 heteroatoms. The van der Waals surface area contributed by atoms with Crippen LogP contribution in [0.1, 0.15) is 31.7 Å². The Balaban J connectivity index is 2.25. The third-order valence-electron chi connectivity index (χ3n) is 3.13. The van der Waals surface area contributed by atoms with Crippen LogP contribution in [0.4, 0.5) is 0 Å². The van der Waals surface area contributed by atoms with Gasteiger partial charge in [-0.15, -0.1) is 0 Å². The summed E-state index contributed by atoms with van der Waals surface area (Å²) >= 11 is 0. The van der Waals surface area contributed by atoms with Crippen LogP contribution < -0.4 is 5.73 Å². The predicted octanol–water partition coefficient (Wildman–Crippen LogP) is 0.679. The lowest BCUT2D eigenvalue weighted by molar-refractivity contribution is 0.393. The van der Waals surface area contributed by atoms with E-state index >= 15 is 0 Å². The molecule has 0 bridgehead atoms. The van der Waals surface area contributed by atoms with Crippen LogP contribution in [0, 0.1) is 5.92 Å². The molecule has 1 aliphatic carbocycles. The smallest absolute Gasteiger partial charge is 0.260 e. The molecular weight excluding hydrogens is 252 g/mol. The van der Waals surface area contributed by atoms with E-state index in [1.54, 1.807) is 4.31 Å². The number of aromatic amines is 1. The van der Waals surface area contributed by atoms with Crippen molar-refractivity contribution in [2.75, 3.05) is 13.1 Å². The number of hydrogen-bond acceptors (Lipinski definition) is 4. The maximum atomic E-state index is 12.5. The first-order chi connectivity index (χ1) is 8.59. The summed E-state index contributed by atoms with van der Waals surface area (Å²) < 4.78 is 26.6. The van der Waals surface area contributed by atoms with Gasteiger partial charge in [0.1, 0.15) is 0 Å². The molecule has 1 fully saturated rings. The van der Waals surface area contributed by atoms with Crippen molar-refractivity contribution in [1.29, 1.82) is 0 Å². The fourth-order valence-electron chi connectivity index (χ4n) is 1.94. The highest BCUT2D eigenvalue weighted by Crippen LogP contribution is 2.31. The molecule has 3 N–H and O–H groups in total. The molecule has 0 aromatic carbocycles. The van der Waals surface area contributed by atoms with Crippen molar-refractivity contribution in [3.63, 3.8) is 0 Å². The van der Waals surface area contributed by atoms with Crippen molar-refractivity contribution >= 4 is 10.0 Å². The molecule has 0 atom stereocenters. The lowest BCUT2D eigenvalue weighted by Gasteiger charge is -2.21. The number of H-pyrrole nitrogens is 1. The normalized spacial score (nSPS) is 16.4. The monoisotopic (exact) mass is 272 g/mol. The van der Waals surface area contributed by atoms with Crippen molar-refractivity contribution in [3.8, 4) is 0 Å².